The van der Waals surface area contributed by atoms with Crippen LogP contribution >= 0.6 is 0 Å². The zero-order valence-corrected chi connectivity index (χ0v) is 17.6. The highest BCUT2D eigenvalue weighted by atomic mass is 19.3. The average Bonchev–Trinajstić information content (AvgIpc) is 2.78. The molecule has 31 heavy (non-hydrogen) atoms. The summed E-state index contributed by atoms with van der Waals surface area (Å²) >= 11 is 0. The number of benzene rings is 1. The van der Waals surface area contributed by atoms with Crippen molar-refractivity contribution in [1.82, 2.24) is 9.97 Å². The van der Waals surface area contributed by atoms with Gasteiger partial charge in [0.15, 0.2) is 0 Å². The van der Waals surface area contributed by atoms with Gasteiger partial charge in [-0.2, -0.15) is 0 Å². The molecule has 6 heteroatoms. The van der Waals surface area contributed by atoms with Crippen molar-refractivity contribution >= 4 is 22.7 Å². The van der Waals surface area contributed by atoms with Crippen molar-refractivity contribution in [3.63, 3.8) is 0 Å². The molecule has 2 N–H and O–H groups in total. The summed E-state index contributed by atoms with van der Waals surface area (Å²) in [5, 5.41) is 1.06. The quantitative estimate of drug-likeness (QED) is 0.531. The van der Waals surface area contributed by atoms with E-state index in [-0.39, 0.29) is 18.8 Å². The lowest BCUT2D eigenvalue weighted by Gasteiger charge is -2.27. The van der Waals surface area contributed by atoms with E-state index in [9.17, 15) is 8.78 Å². The molecule has 2 heterocycles. The first kappa shape index (κ1) is 21.1. The van der Waals surface area contributed by atoms with E-state index in [0.29, 0.717) is 19.4 Å². The molecule has 1 fully saturated rings. The number of aromatic nitrogens is 2. The molecular formula is C25H26F2N4. The smallest absolute Gasteiger partial charge is 0.248 e. The van der Waals surface area contributed by atoms with Gasteiger partial charge in [-0.05, 0) is 43.9 Å². The van der Waals surface area contributed by atoms with Crippen molar-refractivity contribution in [1.29, 1.82) is 0 Å². The number of pyridine rings is 2. The standard InChI is InChI=1S/C25H26F2N4/c1-17-4-7-22(21(14-28)16-29-15-18-8-10-25(26,27)11-9-18)24(31-17)20-6-5-19-3-2-12-30-23(19)13-20/h2-7,12-14,16,18H,8-11,15,28H2,1H3/b21-14+,29-16?. The number of nitrogens with zero attached hydrogens (tertiary/aromatic N) is 3. The van der Waals surface area contributed by atoms with Crippen molar-refractivity contribution < 1.29 is 8.78 Å². The van der Waals surface area contributed by atoms with E-state index in [1.807, 2.05) is 49.4 Å². The summed E-state index contributed by atoms with van der Waals surface area (Å²) in [6, 6.07) is 14.0. The van der Waals surface area contributed by atoms with Gasteiger partial charge in [-0.15, -0.1) is 0 Å². The molecule has 1 aliphatic rings. The summed E-state index contributed by atoms with van der Waals surface area (Å²) in [5.41, 5.74) is 11.1. The molecule has 3 aromatic rings. The molecule has 1 saturated carbocycles. The second-order valence-corrected chi connectivity index (χ2v) is 8.18. The van der Waals surface area contributed by atoms with Crippen LogP contribution in [-0.2, 0) is 0 Å². The number of aryl methyl sites for hydroxylation is 1. The van der Waals surface area contributed by atoms with Crippen LogP contribution in [0, 0.1) is 12.8 Å². The first-order valence-electron chi connectivity index (χ1n) is 10.6. The number of fused-ring (bicyclic) bond motifs is 1. The van der Waals surface area contributed by atoms with E-state index >= 15 is 0 Å². The maximum absolute atomic E-state index is 13.4. The number of nitrogens with two attached hydrogens (primary N) is 1. The van der Waals surface area contributed by atoms with E-state index in [0.717, 1.165) is 39.0 Å². The van der Waals surface area contributed by atoms with Crippen LogP contribution in [0.15, 0.2) is 59.9 Å². The van der Waals surface area contributed by atoms with Gasteiger partial charge in [-0.3, -0.25) is 15.0 Å². The Kier molecular flexibility index (Phi) is 6.07. The van der Waals surface area contributed by atoms with Gasteiger partial charge in [-0.25, -0.2) is 8.78 Å². The van der Waals surface area contributed by atoms with Crippen LogP contribution in [0.2, 0.25) is 0 Å². The minimum Gasteiger partial charge on any atom is -0.404 e. The molecule has 0 atom stereocenters. The zero-order chi connectivity index (χ0) is 21.8. The van der Waals surface area contributed by atoms with Crippen molar-refractivity contribution in [2.45, 2.75) is 38.5 Å². The molecule has 1 aromatic carbocycles. The molecule has 2 aromatic heterocycles. The first-order valence-corrected chi connectivity index (χ1v) is 10.6. The van der Waals surface area contributed by atoms with Crippen molar-refractivity contribution in [3.8, 4) is 11.3 Å². The normalized spacial score (nSPS) is 17.5. The number of alkyl halides is 2. The van der Waals surface area contributed by atoms with Gasteiger partial charge < -0.3 is 5.73 Å². The average molecular weight is 421 g/mol. The monoisotopic (exact) mass is 420 g/mol. The lowest BCUT2D eigenvalue weighted by atomic mass is 9.87. The van der Waals surface area contributed by atoms with Crippen LogP contribution in [-0.4, -0.2) is 28.6 Å². The van der Waals surface area contributed by atoms with Gasteiger partial charge in [0.1, 0.15) is 0 Å². The molecule has 0 radical (unpaired) electrons. The molecule has 0 saturated heterocycles. The van der Waals surface area contributed by atoms with Crippen LogP contribution in [0.3, 0.4) is 0 Å². The lowest BCUT2D eigenvalue weighted by Crippen LogP contribution is -2.25. The van der Waals surface area contributed by atoms with Crippen LogP contribution < -0.4 is 5.73 Å². The number of hydrogen-bond donors (Lipinski definition) is 1. The van der Waals surface area contributed by atoms with Crippen molar-refractivity contribution in [2.24, 2.45) is 16.6 Å². The summed E-state index contributed by atoms with van der Waals surface area (Å²) < 4.78 is 26.7. The third-order valence-electron chi connectivity index (χ3n) is 5.84. The Hall–Kier alpha value is -3.15. The number of halogens is 2. The third kappa shape index (κ3) is 4.95. The molecule has 4 nitrogen and oxygen atoms in total. The predicted molar refractivity (Wildman–Crippen MR) is 122 cm³/mol. The molecule has 160 valence electrons. The Morgan fingerprint density at radius 2 is 2.00 bits per heavy atom. The zero-order valence-electron chi connectivity index (χ0n) is 17.6. The maximum atomic E-state index is 13.4. The lowest BCUT2D eigenvalue weighted by molar-refractivity contribution is -0.0446. The topological polar surface area (TPSA) is 64.2 Å². The fourth-order valence-electron chi connectivity index (χ4n) is 4.01. The second kappa shape index (κ2) is 8.92. The van der Waals surface area contributed by atoms with E-state index in [1.54, 1.807) is 12.4 Å². The molecular weight excluding hydrogens is 394 g/mol. The van der Waals surface area contributed by atoms with E-state index in [4.69, 9.17) is 10.7 Å². The fraction of sp³-hybridized carbons (Fsp3) is 0.320. The third-order valence-corrected chi connectivity index (χ3v) is 5.84. The highest BCUT2D eigenvalue weighted by Gasteiger charge is 2.34. The highest BCUT2D eigenvalue weighted by molar-refractivity contribution is 6.11. The Morgan fingerprint density at radius 1 is 1.19 bits per heavy atom. The Balaban J connectivity index is 1.59. The van der Waals surface area contributed by atoms with Crippen LogP contribution in [0.1, 0.15) is 36.9 Å². The molecule has 0 unspecified atom stereocenters. The summed E-state index contributed by atoms with van der Waals surface area (Å²) in [4.78, 5) is 13.8. The summed E-state index contributed by atoms with van der Waals surface area (Å²) in [6.45, 7) is 2.48. The van der Waals surface area contributed by atoms with Gasteiger partial charge in [0.25, 0.3) is 0 Å². The van der Waals surface area contributed by atoms with E-state index < -0.39 is 5.92 Å². The molecule has 4 rings (SSSR count). The largest absolute Gasteiger partial charge is 0.404 e. The Morgan fingerprint density at radius 3 is 2.77 bits per heavy atom. The van der Waals surface area contributed by atoms with Crippen LogP contribution in [0.5, 0.6) is 0 Å². The summed E-state index contributed by atoms with van der Waals surface area (Å²) in [6.07, 6.45) is 5.95. The second-order valence-electron chi connectivity index (χ2n) is 8.18. The van der Waals surface area contributed by atoms with Gasteiger partial charge in [0.2, 0.25) is 5.92 Å². The minimum atomic E-state index is -2.51. The molecule has 0 spiro atoms. The van der Waals surface area contributed by atoms with Gasteiger partial charge in [0.05, 0.1) is 11.2 Å². The number of aliphatic imine (C=N–C) groups is 1. The fourth-order valence-corrected chi connectivity index (χ4v) is 4.01. The van der Waals surface area contributed by atoms with Crippen molar-refractivity contribution in [3.05, 3.63) is 66.1 Å². The molecule has 1 aliphatic carbocycles. The van der Waals surface area contributed by atoms with Gasteiger partial charge in [0, 0.05) is 65.8 Å². The number of rotatable bonds is 5. The number of hydrogen-bond acceptors (Lipinski definition) is 4. The Bertz CT molecular complexity index is 1130. The maximum Gasteiger partial charge on any atom is 0.248 e. The predicted octanol–water partition coefficient (Wildman–Crippen LogP) is 5.80. The molecule has 0 bridgehead atoms. The van der Waals surface area contributed by atoms with Gasteiger partial charge >= 0.3 is 0 Å². The van der Waals surface area contributed by atoms with E-state index in [2.05, 4.69) is 9.98 Å². The SMILES string of the molecule is Cc1ccc(/C(C=NCC2CCC(F)(F)CC2)=C/N)c(-c2ccc3cccnc3c2)n1. The highest BCUT2D eigenvalue weighted by Crippen LogP contribution is 2.36. The summed E-state index contributed by atoms with van der Waals surface area (Å²) in [7, 11) is 0. The van der Waals surface area contributed by atoms with Crippen LogP contribution in [0.25, 0.3) is 27.7 Å². The Labute approximate surface area is 180 Å². The van der Waals surface area contributed by atoms with Crippen LogP contribution in [0.4, 0.5) is 8.78 Å². The number of allylic oxidation sites excluding steroid dienone is 1. The first-order chi connectivity index (χ1) is 14.9. The van der Waals surface area contributed by atoms with Gasteiger partial charge in [-0.1, -0.05) is 24.3 Å². The minimum absolute atomic E-state index is 0.0468. The molecule has 0 aliphatic heterocycles. The van der Waals surface area contributed by atoms with E-state index in [1.165, 1.54) is 6.20 Å². The van der Waals surface area contributed by atoms with Crippen molar-refractivity contribution in [2.75, 3.05) is 6.54 Å². The summed E-state index contributed by atoms with van der Waals surface area (Å²) in [5.74, 6) is -2.32. The molecule has 0 amide bonds.